The van der Waals surface area contributed by atoms with Crippen molar-refractivity contribution in [1.82, 2.24) is 0 Å². The van der Waals surface area contributed by atoms with Crippen molar-refractivity contribution in [2.75, 3.05) is 0 Å². The lowest BCUT2D eigenvalue weighted by Gasteiger charge is -2.10. The minimum Gasteiger partial charge on any atom is -0.449 e. The zero-order valence-electron chi connectivity index (χ0n) is 12.0. The van der Waals surface area contributed by atoms with Crippen molar-refractivity contribution in [2.24, 2.45) is 0 Å². The number of rotatable bonds is 6. The average Bonchev–Trinajstić information content (AvgIpc) is 2.47. The summed E-state index contributed by atoms with van der Waals surface area (Å²) >= 11 is 3.29. The molecule has 1 aromatic rings. The number of benzene rings is 1. The van der Waals surface area contributed by atoms with Crippen LogP contribution in [0.3, 0.4) is 0 Å². The third kappa shape index (κ3) is 6.96. The highest BCUT2D eigenvalue weighted by Crippen LogP contribution is 2.16. The molecule has 0 amide bonds. The molecule has 4 nitrogen and oxygen atoms in total. The molecule has 1 rings (SSSR count). The monoisotopic (exact) mass is 352 g/mol. The third-order valence-corrected chi connectivity index (χ3v) is 3.06. The molecule has 1 unspecified atom stereocenters. The first-order valence-electron chi connectivity index (χ1n) is 6.63. The summed E-state index contributed by atoms with van der Waals surface area (Å²) in [6.07, 6.45) is 0.169. The maximum atomic E-state index is 11.6. The Hall–Kier alpha value is -1.80. The molecule has 0 N–H and O–H groups in total. The van der Waals surface area contributed by atoms with Gasteiger partial charge >= 0.3 is 11.9 Å². The van der Waals surface area contributed by atoms with Crippen molar-refractivity contribution in [2.45, 2.75) is 39.2 Å². The summed E-state index contributed by atoms with van der Waals surface area (Å²) in [5.74, 6) is 5.01. The van der Waals surface area contributed by atoms with E-state index in [1.165, 1.54) is 0 Å². The molecule has 0 fully saturated rings. The molecule has 0 aromatic heterocycles. The summed E-state index contributed by atoms with van der Waals surface area (Å²) in [5, 5.41) is 0. The minimum atomic E-state index is -0.469. The van der Waals surface area contributed by atoms with E-state index in [1.54, 1.807) is 31.2 Å². The Morgan fingerprint density at radius 1 is 1.19 bits per heavy atom. The zero-order chi connectivity index (χ0) is 15.7. The molecule has 0 radical (unpaired) electrons. The molecular formula is C16H17BrO4. The summed E-state index contributed by atoms with van der Waals surface area (Å²) in [6, 6.07) is 6.88. The van der Waals surface area contributed by atoms with Crippen molar-refractivity contribution < 1.29 is 19.1 Å². The van der Waals surface area contributed by atoms with Gasteiger partial charge in [-0.2, -0.15) is 0 Å². The van der Waals surface area contributed by atoms with Gasteiger partial charge in [-0.05, 0) is 37.6 Å². The van der Waals surface area contributed by atoms with Crippen LogP contribution >= 0.6 is 15.9 Å². The second kappa shape index (κ2) is 9.19. The second-order valence-electron chi connectivity index (χ2n) is 4.21. The van der Waals surface area contributed by atoms with Gasteiger partial charge in [-0.3, -0.25) is 9.59 Å². The number of halogens is 1. The van der Waals surface area contributed by atoms with Crippen LogP contribution in [0.25, 0.3) is 0 Å². The molecule has 0 aliphatic rings. The SMILES string of the molecule is CC#CC(CC)OC(=O)CCC(=O)Oc1ccc(Br)cc1. The largest absolute Gasteiger partial charge is 0.449 e. The van der Waals surface area contributed by atoms with E-state index in [0.29, 0.717) is 12.2 Å². The van der Waals surface area contributed by atoms with Crippen LogP contribution in [-0.4, -0.2) is 18.0 Å². The van der Waals surface area contributed by atoms with Gasteiger partial charge in [0.15, 0.2) is 6.10 Å². The van der Waals surface area contributed by atoms with E-state index in [-0.39, 0.29) is 12.8 Å². The van der Waals surface area contributed by atoms with Gasteiger partial charge < -0.3 is 9.47 Å². The fourth-order valence-corrected chi connectivity index (χ4v) is 1.75. The number of esters is 2. The maximum Gasteiger partial charge on any atom is 0.311 e. The predicted molar refractivity (Wildman–Crippen MR) is 82.6 cm³/mol. The molecule has 1 aromatic carbocycles. The highest BCUT2D eigenvalue weighted by Gasteiger charge is 2.13. The van der Waals surface area contributed by atoms with Gasteiger partial charge in [-0.25, -0.2) is 0 Å². The van der Waals surface area contributed by atoms with Crippen molar-refractivity contribution in [1.29, 1.82) is 0 Å². The Balaban J connectivity index is 2.36. The average molecular weight is 353 g/mol. The first-order chi connectivity index (χ1) is 10.0. The molecule has 0 heterocycles. The smallest absolute Gasteiger partial charge is 0.311 e. The molecular weight excluding hydrogens is 336 g/mol. The van der Waals surface area contributed by atoms with E-state index in [4.69, 9.17) is 9.47 Å². The molecule has 0 spiro atoms. The quantitative estimate of drug-likeness (QED) is 0.446. The van der Waals surface area contributed by atoms with E-state index in [0.717, 1.165) is 4.47 Å². The molecule has 0 aliphatic heterocycles. The lowest BCUT2D eigenvalue weighted by molar-refractivity contribution is -0.149. The van der Waals surface area contributed by atoms with Crippen LogP contribution in [0.4, 0.5) is 0 Å². The number of carbonyl (C=O) groups is 2. The standard InChI is InChI=1S/C16H17BrO4/c1-3-5-13(4-2)20-15(18)10-11-16(19)21-14-8-6-12(17)7-9-14/h6-9,13H,4,10-11H2,1-2H3. The van der Waals surface area contributed by atoms with Crippen molar-refractivity contribution >= 4 is 27.9 Å². The zero-order valence-corrected chi connectivity index (χ0v) is 13.6. The van der Waals surface area contributed by atoms with Gasteiger partial charge in [0.1, 0.15) is 5.75 Å². The van der Waals surface area contributed by atoms with Crippen LogP contribution in [0, 0.1) is 11.8 Å². The predicted octanol–water partition coefficient (Wildman–Crippen LogP) is 3.48. The molecule has 5 heteroatoms. The van der Waals surface area contributed by atoms with Gasteiger partial charge in [-0.1, -0.05) is 28.8 Å². The first-order valence-corrected chi connectivity index (χ1v) is 7.42. The number of ether oxygens (including phenoxy) is 2. The Labute approximate surface area is 132 Å². The van der Waals surface area contributed by atoms with Crippen LogP contribution in [0.1, 0.15) is 33.1 Å². The van der Waals surface area contributed by atoms with E-state index >= 15 is 0 Å². The number of carbonyl (C=O) groups excluding carboxylic acids is 2. The molecule has 0 saturated heterocycles. The minimum absolute atomic E-state index is 0.0166. The van der Waals surface area contributed by atoms with Gasteiger partial charge in [-0.15, -0.1) is 5.92 Å². The van der Waals surface area contributed by atoms with Crippen LogP contribution in [0.5, 0.6) is 5.75 Å². The van der Waals surface area contributed by atoms with E-state index in [9.17, 15) is 9.59 Å². The summed E-state index contributed by atoms with van der Waals surface area (Å²) < 4.78 is 11.1. The van der Waals surface area contributed by atoms with Crippen LogP contribution < -0.4 is 4.74 Å². The van der Waals surface area contributed by atoms with Gasteiger partial charge in [0.2, 0.25) is 0 Å². The number of hydrogen-bond acceptors (Lipinski definition) is 4. The Morgan fingerprint density at radius 2 is 1.81 bits per heavy atom. The van der Waals surface area contributed by atoms with E-state index in [2.05, 4.69) is 27.8 Å². The lowest BCUT2D eigenvalue weighted by Crippen LogP contribution is -2.17. The van der Waals surface area contributed by atoms with Gasteiger partial charge in [0, 0.05) is 4.47 Å². The van der Waals surface area contributed by atoms with Crippen LogP contribution in [-0.2, 0) is 14.3 Å². The molecule has 0 saturated carbocycles. The van der Waals surface area contributed by atoms with Crippen molar-refractivity contribution in [3.8, 4) is 17.6 Å². The highest BCUT2D eigenvalue weighted by molar-refractivity contribution is 9.10. The van der Waals surface area contributed by atoms with Crippen LogP contribution in [0.15, 0.2) is 28.7 Å². The third-order valence-electron chi connectivity index (χ3n) is 2.53. The van der Waals surface area contributed by atoms with E-state index in [1.807, 2.05) is 6.92 Å². The summed E-state index contributed by atoms with van der Waals surface area (Å²) in [4.78, 5) is 23.2. The van der Waals surface area contributed by atoms with Gasteiger partial charge in [0.05, 0.1) is 12.8 Å². The van der Waals surface area contributed by atoms with Crippen molar-refractivity contribution in [3.63, 3.8) is 0 Å². The Morgan fingerprint density at radius 3 is 2.38 bits per heavy atom. The van der Waals surface area contributed by atoms with Crippen molar-refractivity contribution in [3.05, 3.63) is 28.7 Å². The Kier molecular flexibility index (Phi) is 7.55. The summed E-state index contributed by atoms with van der Waals surface area (Å²) in [6.45, 7) is 3.57. The summed E-state index contributed by atoms with van der Waals surface area (Å²) in [5.41, 5.74) is 0. The fourth-order valence-electron chi connectivity index (χ4n) is 1.48. The Bertz CT molecular complexity index is 540. The normalized spacial score (nSPS) is 11.0. The second-order valence-corrected chi connectivity index (χ2v) is 5.12. The highest BCUT2D eigenvalue weighted by atomic mass is 79.9. The molecule has 0 aliphatic carbocycles. The fraction of sp³-hybridized carbons (Fsp3) is 0.375. The summed E-state index contributed by atoms with van der Waals surface area (Å²) in [7, 11) is 0. The maximum absolute atomic E-state index is 11.6. The number of hydrogen-bond donors (Lipinski definition) is 0. The molecule has 112 valence electrons. The van der Waals surface area contributed by atoms with E-state index < -0.39 is 18.0 Å². The molecule has 0 bridgehead atoms. The van der Waals surface area contributed by atoms with Crippen LogP contribution in [0.2, 0.25) is 0 Å². The van der Waals surface area contributed by atoms with Gasteiger partial charge in [0.25, 0.3) is 0 Å². The molecule has 1 atom stereocenters. The lowest BCUT2D eigenvalue weighted by atomic mass is 10.2. The molecule has 21 heavy (non-hydrogen) atoms. The topological polar surface area (TPSA) is 52.6 Å². The first kappa shape index (κ1) is 17.3.